The highest BCUT2D eigenvalue weighted by Gasteiger charge is 2.35. The number of nitrogens with one attached hydrogen (secondary N) is 1. The van der Waals surface area contributed by atoms with E-state index in [2.05, 4.69) is 17.1 Å². The fourth-order valence-electron chi connectivity index (χ4n) is 3.49. The molecule has 3 nitrogen and oxygen atoms in total. The molecule has 3 aliphatic rings. The van der Waals surface area contributed by atoms with Crippen molar-refractivity contribution in [3.05, 3.63) is 0 Å². The molecule has 0 radical (unpaired) electrons. The van der Waals surface area contributed by atoms with Crippen LogP contribution in [0.25, 0.3) is 0 Å². The number of aliphatic imine (C=N–C) groups is 1. The van der Waals surface area contributed by atoms with Gasteiger partial charge in [0.1, 0.15) is 0 Å². The van der Waals surface area contributed by atoms with Crippen LogP contribution in [0, 0.1) is 0 Å². The minimum absolute atomic E-state index is 0.566. The van der Waals surface area contributed by atoms with Crippen molar-refractivity contribution in [1.29, 1.82) is 0 Å². The van der Waals surface area contributed by atoms with E-state index in [-0.39, 0.29) is 0 Å². The molecule has 102 valence electrons. The first-order valence-corrected chi connectivity index (χ1v) is 8.56. The number of rotatable bonds is 2. The van der Waals surface area contributed by atoms with Crippen molar-refractivity contribution in [1.82, 2.24) is 10.2 Å². The molecule has 1 N–H and O–H groups in total. The van der Waals surface area contributed by atoms with Crippen LogP contribution in [0.5, 0.6) is 0 Å². The maximum absolute atomic E-state index is 5.04. The second kappa shape index (κ2) is 5.83. The largest absolute Gasteiger partial charge is 0.362 e. The van der Waals surface area contributed by atoms with Crippen LogP contribution in [0.15, 0.2) is 4.99 Å². The van der Waals surface area contributed by atoms with Crippen molar-refractivity contribution in [2.75, 3.05) is 18.8 Å². The monoisotopic (exact) mass is 267 g/mol. The van der Waals surface area contributed by atoms with E-state index in [1.807, 2.05) is 11.8 Å². The summed E-state index contributed by atoms with van der Waals surface area (Å²) in [6.45, 7) is 4.85. The quantitative estimate of drug-likeness (QED) is 0.833. The summed E-state index contributed by atoms with van der Waals surface area (Å²) in [6, 6.07) is 1.97. The number of hydrogen-bond donors (Lipinski definition) is 1. The Morgan fingerprint density at radius 2 is 2.22 bits per heavy atom. The molecule has 0 aromatic heterocycles. The summed E-state index contributed by atoms with van der Waals surface area (Å²) in [7, 11) is 0. The van der Waals surface area contributed by atoms with Gasteiger partial charge in [-0.3, -0.25) is 9.89 Å². The highest BCUT2D eigenvalue weighted by atomic mass is 32.2. The maximum Gasteiger partial charge on any atom is 0.157 e. The van der Waals surface area contributed by atoms with Gasteiger partial charge in [0.2, 0.25) is 0 Å². The third-order valence-electron chi connectivity index (χ3n) is 4.63. The summed E-state index contributed by atoms with van der Waals surface area (Å²) in [5.74, 6) is 1.24. The molecule has 3 aliphatic heterocycles. The number of thioether (sulfide) groups is 1. The molecule has 3 unspecified atom stereocenters. The predicted molar refractivity (Wildman–Crippen MR) is 79.3 cm³/mol. The van der Waals surface area contributed by atoms with E-state index in [0.29, 0.717) is 12.1 Å². The molecule has 3 heterocycles. The third kappa shape index (κ3) is 2.69. The van der Waals surface area contributed by atoms with E-state index in [1.165, 1.54) is 62.5 Å². The summed E-state index contributed by atoms with van der Waals surface area (Å²) >= 11 is 1.93. The lowest BCUT2D eigenvalue weighted by Gasteiger charge is -2.32. The normalized spacial score (nSPS) is 39.6. The fourth-order valence-corrected chi connectivity index (χ4v) is 4.54. The van der Waals surface area contributed by atoms with E-state index in [1.54, 1.807) is 0 Å². The molecular formula is C14H25N3S. The van der Waals surface area contributed by atoms with Gasteiger partial charge in [0, 0.05) is 24.4 Å². The summed E-state index contributed by atoms with van der Waals surface area (Å²) in [5, 5.41) is 4.85. The average molecular weight is 267 g/mol. The molecule has 0 amide bonds. The molecule has 0 bridgehead atoms. The summed E-state index contributed by atoms with van der Waals surface area (Å²) in [4.78, 5) is 7.71. The zero-order chi connectivity index (χ0) is 12.4. The molecular weight excluding hydrogens is 242 g/mol. The van der Waals surface area contributed by atoms with Crippen LogP contribution in [0.2, 0.25) is 0 Å². The van der Waals surface area contributed by atoms with E-state index in [0.717, 1.165) is 6.04 Å². The molecule has 0 saturated carbocycles. The van der Waals surface area contributed by atoms with Crippen LogP contribution >= 0.6 is 11.8 Å². The van der Waals surface area contributed by atoms with Gasteiger partial charge in [-0.15, -0.1) is 0 Å². The van der Waals surface area contributed by atoms with E-state index < -0.39 is 0 Å². The summed E-state index contributed by atoms with van der Waals surface area (Å²) < 4.78 is 0. The van der Waals surface area contributed by atoms with Crippen LogP contribution in [0.3, 0.4) is 0 Å². The topological polar surface area (TPSA) is 27.6 Å². The average Bonchev–Trinajstić information content (AvgIpc) is 2.83. The molecule has 4 heteroatoms. The molecule has 3 fully saturated rings. The van der Waals surface area contributed by atoms with Gasteiger partial charge < -0.3 is 5.32 Å². The molecule has 3 rings (SSSR count). The van der Waals surface area contributed by atoms with Gasteiger partial charge in [-0.25, -0.2) is 0 Å². The Bertz CT molecular complexity index is 318. The number of amidine groups is 1. The van der Waals surface area contributed by atoms with Crippen molar-refractivity contribution in [2.24, 2.45) is 4.99 Å². The van der Waals surface area contributed by atoms with E-state index in [4.69, 9.17) is 4.99 Å². The zero-order valence-corrected chi connectivity index (χ0v) is 12.2. The second-order valence-corrected chi connectivity index (χ2v) is 6.86. The lowest BCUT2D eigenvalue weighted by Crippen LogP contribution is -2.41. The molecule has 0 aromatic carbocycles. The van der Waals surface area contributed by atoms with Gasteiger partial charge in [-0.2, -0.15) is 0 Å². The first kappa shape index (κ1) is 12.8. The van der Waals surface area contributed by atoms with Gasteiger partial charge in [0.15, 0.2) is 5.17 Å². The van der Waals surface area contributed by atoms with Gasteiger partial charge >= 0.3 is 0 Å². The highest BCUT2D eigenvalue weighted by molar-refractivity contribution is 8.13. The van der Waals surface area contributed by atoms with Gasteiger partial charge in [-0.05, 0) is 38.6 Å². The number of hydrogen-bond acceptors (Lipinski definition) is 3. The van der Waals surface area contributed by atoms with Gasteiger partial charge in [-0.1, -0.05) is 25.1 Å². The standard InChI is InChI=1S/C14H25N3S/c1-2-11-7-10-18-14(15-11)16-12-6-9-17-8-4-3-5-13(12)17/h11-13H,2-10H2,1H3,(H,15,16). The molecule has 3 atom stereocenters. The Balaban J connectivity index is 1.64. The lowest BCUT2D eigenvalue weighted by molar-refractivity contribution is 0.190. The maximum atomic E-state index is 5.04. The number of fused-ring (bicyclic) bond motifs is 1. The van der Waals surface area contributed by atoms with Crippen molar-refractivity contribution < 1.29 is 0 Å². The minimum atomic E-state index is 0.566. The molecule has 18 heavy (non-hydrogen) atoms. The van der Waals surface area contributed by atoms with Crippen molar-refractivity contribution in [2.45, 2.75) is 63.6 Å². The van der Waals surface area contributed by atoms with E-state index in [9.17, 15) is 0 Å². The SMILES string of the molecule is CCC1CCSC(=NC2CCN3CCCCC23)N1. The van der Waals surface area contributed by atoms with Crippen molar-refractivity contribution in [3.63, 3.8) is 0 Å². The molecule has 0 spiro atoms. The zero-order valence-electron chi connectivity index (χ0n) is 11.4. The summed E-state index contributed by atoms with van der Waals surface area (Å²) in [5.41, 5.74) is 0. The van der Waals surface area contributed by atoms with Crippen LogP contribution in [0.1, 0.15) is 45.4 Å². The Labute approximate surface area is 115 Å². The van der Waals surface area contributed by atoms with Crippen LogP contribution in [-0.4, -0.2) is 47.0 Å². The molecule has 3 saturated heterocycles. The highest BCUT2D eigenvalue weighted by Crippen LogP contribution is 2.30. The van der Waals surface area contributed by atoms with Crippen LogP contribution in [-0.2, 0) is 0 Å². The van der Waals surface area contributed by atoms with Crippen molar-refractivity contribution >= 4 is 16.9 Å². The number of nitrogens with zero attached hydrogens (tertiary/aromatic N) is 2. The Morgan fingerprint density at radius 1 is 1.28 bits per heavy atom. The fraction of sp³-hybridized carbons (Fsp3) is 0.929. The summed E-state index contributed by atoms with van der Waals surface area (Å²) in [6.07, 6.45) is 7.95. The van der Waals surface area contributed by atoms with Gasteiger partial charge in [0.05, 0.1) is 6.04 Å². The Hall–Kier alpha value is -0.220. The molecule has 0 aromatic rings. The Kier molecular flexibility index (Phi) is 4.14. The minimum Gasteiger partial charge on any atom is -0.362 e. The van der Waals surface area contributed by atoms with Crippen LogP contribution < -0.4 is 5.32 Å². The van der Waals surface area contributed by atoms with Crippen molar-refractivity contribution in [3.8, 4) is 0 Å². The second-order valence-electron chi connectivity index (χ2n) is 5.78. The van der Waals surface area contributed by atoms with Crippen LogP contribution in [0.4, 0.5) is 0 Å². The predicted octanol–water partition coefficient (Wildman–Crippen LogP) is 2.47. The third-order valence-corrected chi connectivity index (χ3v) is 5.57. The first-order valence-electron chi connectivity index (χ1n) is 7.58. The smallest absolute Gasteiger partial charge is 0.157 e. The first-order chi connectivity index (χ1) is 8.86. The Morgan fingerprint density at radius 3 is 3.11 bits per heavy atom. The molecule has 0 aliphatic carbocycles. The lowest BCUT2D eigenvalue weighted by atomic mass is 10.00. The van der Waals surface area contributed by atoms with Gasteiger partial charge in [0.25, 0.3) is 0 Å². The van der Waals surface area contributed by atoms with E-state index >= 15 is 0 Å². The number of piperidine rings is 1.